The van der Waals surface area contributed by atoms with E-state index in [1.54, 1.807) is 11.8 Å². The van der Waals surface area contributed by atoms with Crippen LogP contribution in [0.3, 0.4) is 0 Å². The van der Waals surface area contributed by atoms with Crippen LogP contribution in [0.4, 0.5) is 0 Å². The zero-order valence-electron chi connectivity index (χ0n) is 12.7. The zero-order chi connectivity index (χ0) is 15.3. The minimum absolute atomic E-state index is 0.279. The SMILES string of the molecule is CCC(CC)c1cc(CNC(=O)C2(O)CCSCC2)on1. The number of thioether (sulfide) groups is 1. The molecule has 0 spiro atoms. The molecule has 0 saturated carbocycles. The molecule has 2 N–H and O–H groups in total. The van der Waals surface area contributed by atoms with Gasteiger partial charge >= 0.3 is 0 Å². The average molecular weight is 312 g/mol. The van der Waals surface area contributed by atoms with Crippen molar-refractivity contribution < 1.29 is 14.4 Å². The van der Waals surface area contributed by atoms with Crippen LogP contribution in [-0.4, -0.2) is 33.3 Å². The Morgan fingerprint density at radius 1 is 1.48 bits per heavy atom. The van der Waals surface area contributed by atoms with E-state index in [2.05, 4.69) is 24.3 Å². The molecule has 0 aromatic carbocycles. The smallest absolute Gasteiger partial charge is 0.252 e. The lowest BCUT2D eigenvalue weighted by Gasteiger charge is -2.30. The van der Waals surface area contributed by atoms with Gasteiger partial charge in [0.15, 0.2) is 5.76 Å². The van der Waals surface area contributed by atoms with Crippen molar-refractivity contribution in [3.8, 4) is 0 Å². The molecule has 1 aliphatic heterocycles. The number of aromatic nitrogens is 1. The second kappa shape index (κ2) is 7.31. The quantitative estimate of drug-likeness (QED) is 0.844. The highest BCUT2D eigenvalue weighted by Gasteiger charge is 2.37. The molecular weight excluding hydrogens is 288 g/mol. The molecule has 0 unspecified atom stereocenters. The highest BCUT2D eigenvalue weighted by atomic mass is 32.2. The fraction of sp³-hybridized carbons (Fsp3) is 0.733. The first-order chi connectivity index (χ1) is 10.1. The molecule has 1 fully saturated rings. The first kappa shape index (κ1) is 16.4. The Balaban J connectivity index is 1.89. The lowest BCUT2D eigenvalue weighted by Crippen LogP contribution is -2.48. The van der Waals surface area contributed by atoms with Crippen molar-refractivity contribution in [2.24, 2.45) is 0 Å². The summed E-state index contributed by atoms with van der Waals surface area (Å²) < 4.78 is 5.27. The standard InChI is InChI=1S/C15H24N2O3S/c1-3-11(4-2)13-9-12(20-17-13)10-16-14(18)15(19)5-7-21-8-6-15/h9,11,19H,3-8,10H2,1-2H3,(H,16,18). The third-order valence-electron chi connectivity index (χ3n) is 4.15. The van der Waals surface area contributed by atoms with Crippen LogP contribution in [0.2, 0.25) is 0 Å². The second-order valence-corrected chi connectivity index (χ2v) is 6.78. The monoisotopic (exact) mass is 312 g/mol. The molecule has 0 radical (unpaired) electrons. The van der Waals surface area contributed by atoms with Crippen molar-refractivity contribution in [2.45, 2.75) is 57.6 Å². The van der Waals surface area contributed by atoms with Crippen molar-refractivity contribution in [1.82, 2.24) is 10.5 Å². The van der Waals surface area contributed by atoms with Gasteiger partial charge in [0.05, 0.1) is 12.2 Å². The minimum atomic E-state index is -1.22. The van der Waals surface area contributed by atoms with Gasteiger partial charge in [-0.15, -0.1) is 0 Å². The van der Waals surface area contributed by atoms with Crippen LogP contribution in [0.15, 0.2) is 10.6 Å². The summed E-state index contributed by atoms with van der Waals surface area (Å²) in [6, 6.07) is 1.90. The van der Waals surface area contributed by atoms with Crippen molar-refractivity contribution in [3.63, 3.8) is 0 Å². The van der Waals surface area contributed by atoms with E-state index in [-0.39, 0.29) is 12.5 Å². The Morgan fingerprint density at radius 3 is 2.76 bits per heavy atom. The van der Waals surface area contributed by atoms with Gasteiger partial charge in [0.25, 0.3) is 5.91 Å². The Hall–Kier alpha value is -1.01. The number of aliphatic hydroxyl groups is 1. The molecule has 1 aliphatic rings. The molecule has 1 amide bonds. The van der Waals surface area contributed by atoms with Gasteiger partial charge in [-0.1, -0.05) is 19.0 Å². The topological polar surface area (TPSA) is 75.4 Å². The summed E-state index contributed by atoms with van der Waals surface area (Å²) in [5.74, 6) is 2.39. The summed E-state index contributed by atoms with van der Waals surface area (Å²) in [7, 11) is 0. The summed E-state index contributed by atoms with van der Waals surface area (Å²) in [4.78, 5) is 12.1. The predicted molar refractivity (Wildman–Crippen MR) is 83.2 cm³/mol. The number of hydrogen-bond acceptors (Lipinski definition) is 5. The molecule has 0 atom stereocenters. The van der Waals surface area contributed by atoms with Crippen molar-refractivity contribution in [3.05, 3.63) is 17.5 Å². The van der Waals surface area contributed by atoms with E-state index in [0.29, 0.717) is 24.5 Å². The van der Waals surface area contributed by atoms with Gasteiger partial charge in [0.1, 0.15) is 5.60 Å². The maximum absolute atomic E-state index is 12.1. The predicted octanol–water partition coefficient (Wildman–Crippen LogP) is 2.45. The first-order valence-electron chi connectivity index (χ1n) is 7.63. The molecule has 1 aromatic rings. The number of hydrogen-bond donors (Lipinski definition) is 2. The summed E-state index contributed by atoms with van der Waals surface area (Å²) in [5.41, 5.74) is -0.277. The van der Waals surface area contributed by atoms with Gasteiger partial charge in [-0.2, -0.15) is 11.8 Å². The molecule has 2 rings (SSSR count). The maximum Gasteiger partial charge on any atom is 0.252 e. The summed E-state index contributed by atoms with van der Waals surface area (Å²) in [6.45, 7) is 4.53. The largest absolute Gasteiger partial charge is 0.380 e. The Bertz CT molecular complexity index is 465. The van der Waals surface area contributed by atoms with E-state index in [9.17, 15) is 9.90 Å². The number of rotatable bonds is 6. The van der Waals surface area contributed by atoms with Gasteiger partial charge in [0.2, 0.25) is 0 Å². The fourth-order valence-corrected chi connectivity index (χ4v) is 3.75. The lowest BCUT2D eigenvalue weighted by atomic mass is 9.96. The van der Waals surface area contributed by atoms with Gasteiger partial charge < -0.3 is 14.9 Å². The van der Waals surface area contributed by atoms with E-state index in [1.165, 1.54) is 0 Å². The second-order valence-electron chi connectivity index (χ2n) is 5.56. The van der Waals surface area contributed by atoms with Crippen LogP contribution in [0, 0.1) is 0 Å². The number of amides is 1. The van der Waals surface area contributed by atoms with E-state index in [4.69, 9.17) is 4.52 Å². The van der Waals surface area contributed by atoms with Gasteiger partial charge in [-0.3, -0.25) is 4.79 Å². The Labute approximate surface area is 129 Å². The number of carbonyl (C=O) groups excluding carboxylic acids is 1. The number of nitrogens with zero attached hydrogens (tertiary/aromatic N) is 1. The molecule has 6 heteroatoms. The van der Waals surface area contributed by atoms with Crippen LogP contribution < -0.4 is 5.32 Å². The van der Waals surface area contributed by atoms with Crippen LogP contribution in [0.5, 0.6) is 0 Å². The number of nitrogens with one attached hydrogen (secondary N) is 1. The molecule has 2 heterocycles. The molecule has 118 valence electrons. The molecule has 0 aliphatic carbocycles. The van der Waals surface area contributed by atoms with E-state index in [0.717, 1.165) is 30.0 Å². The number of carbonyl (C=O) groups is 1. The van der Waals surface area contributed by atoms with Gasteiger partial charge in [-0.25, -0.2) is 0 Å². The Morgan fingerprint density at radius 2 is 2.14 bits per heavy atom. The summed E-state index contributed by atoms with van der Waals surface area (Å²) >= 11 is 1.77. The van der Waals surface area contributed by atoms with Gasteiger partial charge in [0, 0.05) is 12.0 Å². The van der Waals surface area contributed by atoms with Crippen LogP contribution in [0.1, 0.15) is 56.9 Å². The van der Waals surface area contributed by atoms with Crippen molar-refractivity contribution in [2.75, 3.05) is 11.5 Å². The van der Waals surface area contributed by atoms with E-state index < -0.39 is 5.60 Å². The molecule has 1 saturated heterocycles. The third-order valence-corrected chi connectivity index (χ3v) is 5.13. The summed E-state index contributed by atoms with van der Waals surface area (Å²) in [5, 5.41) is 17.2. The summed E-state index contributed by atoms with van der Waals surface area (Å²) in [6.07, 6.45) is 3.07. The fourth-order valence-electron chi connectivity index (χ4n) is 2.58. The third kappa shape index (κ3) is 4.01. The highest BCUT2D eigenvalue weighted by Crippen LogP contribution is 2.27. The maximum atomic E-state index is 12.1. The minimum Gasteiger partial charge on any atom is -0.380 e. The zero-order valence-corrected chi connectivity index (χ0v) is 13.5. The molecule has 5 nitrogen and oxygen atoms in total. The van der Waals surface area contributed by atoms with E-state index >= 15 is 0 Å². The van der Waals surface area contributed by atoms with Gasteiger partial charge in [-0.05, 0) is 37.2 Å². The molecular formula is C15H24N2O3S. The Kier molecular flexibility index (Phi) is 5.70. The van der Waals surface area contributed by atoms with Crippen LogP contribution in [-0.2, 0) is 11.3 Å². The average Bonchev–Trinajstić information content (AvgIpc) is 2.95. The van der Waals surface area contributed by atoms with Crippen LogP contribution in [0.25, 0.3) is 0 Å². The van der Waals surface area contributed by atoms with Crippen molar-refractivity contribution >= 4 is 17.7 Å². The first-order valence-corrected chi connectivity index (χ1v) is 8.78. The van der Waals surface area contributed by atoms with Crippen LogP contribution >= 0.6 is 11.8 Å². The molecule has 1 aromatic heterocycles. The highest BCUT2D eigenvalue weighted by molar-refractivity contribution is 7.99. The normalized spacial score (nSPS) is 17.9. The lowest BCUT2D eigenvalue weighted by molar-refractivity contribution is -0.140. The van der Waals surface area contributed by atoms with Crippen molar-refractivity contribution in [1.29, 1.82) is 0 Å². The van der Waals surface area contributed by atoms with E-state index in [1.807, 2.05) is 6.07 Å². The molecule has 0 bridgehead atoms. The molecule has 21 heavy (non-hydrogen) atoms.